The lowest BCUT2D eigenvalue weighted by atomic mass is 10.0. The number of hydrogen-bond acceptors (Lipinski definition) is 3. The molecule has 5 nitrogen and oxygen atoms in total. The first kappa shape index (κ1) is 14.1. The number of aromatic nitrogens is 2. The predicted octanol–water partition coefficient (Wildman–Crippen LogP) is 1.30. The molecule has 19 heavy (non-hydrogen) atoms. The van der Waals surface area contributed by atoms with E-state index in [1.807, 2.05) is 26.5 Å². The van der Waals surface area contributed by atoms with Gasteiger partial charge in [0, 0.05) is 44.9 Å². The molecule has 1 saturated heterocycles. The lowest BCUT2D eigenvalue weighted by Crippen LogP contribution is -2.35. The fraction of sp³-hybridized carbons (Fsp3) is 0.714. The summed E-state index contributed by atoms with van der Waals surface area (Å²) in [5.74, 6) is 0.219. The number of amides is 1. The molecule has 0 saturated carbocycles. The molecule has 5 heteroatoms. The molecule has 1 fully saturated rings. The minimum atomic E-state index is 0.219. The molecule has 106 valence electrons. The zero-order valence-electron chi connectivity index (χ0n) is 11.9. The van der Waals surface area contributed by atoms with Crippen molar-refractivity contribution in [3.8, 4) is 0 Å². The second kappa shape index (κ2) is 6.70. The van der Waals surface area contributed by atoms with Gasteiger partial charge in [0.15, 0.2) is 0 Å². The van der Waals surface area contributed by atoms with Crippen LogP contribution in [-0.4, -0.2) is 40.2 Å². The number of aryl methyl sites for hydroxylation is 1. The molecule has 0 radical (unpaired) electrons. The van der Waals surface area contributed by atoms with Gasteiger partial charge in [-0.2, -0.15) is 5.10 Å². The third kappa shape index (κ3) is 4.35. The van der Waals surface area contributed by atoms with Gasteiger partial charge in [-0.3, -0.25) is 9.48 Å². The maximum atomic E-state index is 12.1. The van der Waals surface area contributed by atoms with E-state index in [-0.39, 0.29) is 5.91 Å². The van der Waals surface area contributed by atoms with E-state index >= 15 is 0 Å². The number of rotatable bonds is 5. The molecule has 1 amide bonds. The lowest BCUT2D eigenvalue weighted by molar-refractivity contribution is -0.130. The molecule has 0 bridgehead atoms. The minimum absolute atomic E-state index is 0.219. The summed E-state index contributed by atoms with van der Waals surface area (Å²) in [7, 11) is 3.75. The molecule has 1 unspecified atom stereocenters. The van der Waals surface area contributed by atoms with Gasteiger partial charge in [0.05, 0.1) is 6.20 Å². The molecule has 0 spiro atoms. The van der Waals surface area contributed by atoms with E-state index in [2.05, 4.69) is 10.4 Å². The Morgan fingerprint density at radius 2 is 2.42 bits per heavy atom. The second-order valence-corrected chi connectivity index (χ2v) is 5.46. The summed E-state index contributed by atoms with van der Waals surface area (Å²) in [5.41, 5.74) is 1.08. The van der Waals surface area contributed by atoms with Crippen LogP contribution in [0.5, 0.6) is 0 Å². The number of carbonyl (C=O) groups excluding carboxylic acids is 1. The van der Waals surface area contributed by atoms with Crippen LogP contribution >= 0.6 is 0 Å². The topological polar surface area (TPSA) is 50.2 Å². The zero-order chi connectivity index (χ0) is 13.7. The van der Waals surface area contributed by atoms with Crippen LogP contribution in [0.15, 0.2) is 12.4 Å². The van der Waals surface area contributed by atoms with Gasteiger partial charge in [-0.15, -0.1) is 0 Å². The average Bonchev–Trinajstić information content (AvgIpc) is 2.82. The maximum absolute atomic E-state index is 12.1. The van der Waals surface area contributed by atoms with Gasteiger partial charge in [-0.25, -0.2) is 0 Å². The van der Waals surface area contributed by atoms with Crippen LogP contribution in [0.3, 0.4) is 0 Å². The largest absolute Gasteiger partial charge is 0.341 e. The van der Waals surface area contributed by atoms with Crippen molar-refractivity contribution in [2.24, 2.45) is 7.05 Å². The van der Waals surface area contributed by atoms with Crippen molar-refractivity contribution < 1.29 is 4.79 Å². The number of nitrogens with one attached hydrogen (secondary N) is 1. The molecular weight excluding hydrogens is 240 g/mol. The molecule has 0 aromatic carbocycles. The minimum Gasteiger partial charge on any atom is -0.341 e. The van der Waals surface area contributed by atoms with Crippen LogP contribution < -0.4 is 5.32 Å². The lowest BCUT2D eigenvalue weighted by Gasteiger charge is -2.24. The summed E-state index contributed by atoms with van der Waals surface area (Å²) >= 11 is 0. The normalized spacial score (nSPS) is 19.4. The van der Waals surface area contributed by atoms with Crippen molar-refractivity contribution in [1.29, 1.82) is 0 Å². The first-order valence-electron chi connectivity index (χ1n) is 7.10. The second-order valence-electron chi connectivity index (χ2n) is 5.46. The summed E-state index contributed by atoms with van der Waals surface area (Å²) < 4.78 is 1.76. The predicted molar refractivity (Wildman–Crippen MR) is 74.6 cm³/mol. The van der Waals surface area contributed by atoms with E-state index in [1.165, 1.54) is 19.3 Å². The highest BCUT2D eigenvalue weighted by molar-refractivity contribution is 5.75. The highest BCUT2D eigenvalue weighted by atomic mass is 16.2. The molecule has 1 aromatic rings. The Labute approximate surface area is 115 Å². The summed E-state index contributed by atoms with van der Waals surface area (Å²) in [6, 6.07) is 0.532. The molecule has 2 rings (SSSR count). The molecule has 1 atom stereocenters. The van der Waals surface area contributed by atoms with Gasteiger partial charge < -0.3 is 10.2 Å². The Kier molecular flexibility index (Phi) is 4.96. The summed E-state index contributed by atoms with van der Waals surface area (Å²) in [6.45, 7) is 1.75. The maximum Gasteiger partial charge on any atom is 0.222 e. The van der Waals surface area contributed by atoms with Crippen LogP contribution in [0.2, 0.25) is 0 Å². The van der Waals surface area contributed by atoms with Crippen LogP contribution in [-0.2, 0) is 18.4 Å². The van der Waals surface area contributed by atoms with Crippen molar-refractivity contribution in [2.75, 3.05) is 13.6 Å². The fourth-order valence-electron chi connectivity index (χ4n) is 2.57. The van der Waals surface area contributed by atoms with Crippen molar-refractivity contribution in [3.05, 3.63) is 18.0 Å². The van der Waals surface area contributed by atoms with Gasteiger partial charge in [0.1, 0.15) is 0 Å². The van der Waals surface area contributed by atoms with E-state index in [0.717, 1.165) is 18.5 Å². The number of carbonyl (C=O) groups is 1. The fourth-order valence-corrected chi connectivity index (χ4v) is 2.57. The monoisotopic (exact) mass is 264 g/mol. The average molecular weight is 264 g/mol. The van der Waals surface area contributed by atoms with Gasteiger partial charge in [0.2, 0.25) is 5.91 Å². The van der Waals surface area contributed by atoms with Crippen molar-refractivity contribution in [2.45, 2.75) is 44.7 Å². The molecular formula is C14H24N4O. The van der Waals surface area contributed by atoms with Crippen LogP contribution in [0.1, 0.15) is 37.7 Å². The molecule has 1 aliphatic heterocycles. The van der Waals surface area contributed by atoms with E-state index in [4.69, 9.17) is 0 Å². The molecule has 0 aliphatic carbocycles. The quantitative estimate of drug-likeness (QED) is 0.872. The molecule has 1 aromatic heterocycles. The molecule has 1 aliphatic rings. The van der Waals surface area contributed by atoms with Crippen LogP contribution in [0.4, 0.5) is 0 Å². The highest BCUT2D eigenvalue weighted by Crippen LogP contribution is 2.13. The summed E-state index contributed by atoms with van der Waals surface area (Å²) in [5, 5.41) is 7.60. The van der Waals surface area contributed by atoms with Gasteiger partial charge in [-0.05, 0) is 25.8 Å². The molecule has 2 heterocycles. The highest BCUT2D eigenvalue weighted by Gasteiger charge is 2.16. The first-order valence-corrected chi connectivity index (χ1v) is 7.10. The number of hydrogen-bond donors (Lipinski definition) is 1. The third-order valence-electron chi connectivity index (χ3n) is 3.72. The Balaban J connectivity index is 1.72. The zero-order valence-corrected chi connectivity index (χ0v) is 11.9. The Hall–Kier alpha value is -1.36. The number of nitrogens with zero attached hydrogens (tertiary/aromatic N) is 3. The third-order valence-corrected chi connectivity index (χ3v) is 3.72. The van der Waals surface area contributed by atoms with Gasteiger partial charge >= 0.3 is 0 Å². The van der Waals surface area contributed by atoms with Gasteiger partial charge in [-0.1, -0.05) is 6.42 Å². The van der Waals surface area contributed by atoms with E-state index in [9.17, 15) is 4.79 Å². The SMILES string of the molecule is CN(Cc1cnn(C)c1)C(=O)CCC1CCCCN1. The van der Waals surface area contributed by atoms with E-state index in [1.54, 1.807) is 9.58 Å². The number of piperidine rings is 1. The van der Waals surface area contributed by atoms with Crippen LogP contribution in [0, 0.1) is 0 Å². The van der Waals surface area contributed by atoms with Crippen molar-refractivity contribution in [3.63, 3.8) is 0 Å². The van der Waals surface area contributed by atoms with E-state index in [0.29, 0.717) is 19.0 Å². The Bertz CT molecular complexity index is 409. The van der Waals surface area contributed by atoms with Crippen molar-refractivity contribution in [1.82, 2.24) is 20.0 Å². The summed E-state index contributed by atoms with van der Waals surface area (Å²) in [4.78, 5) is 13.9. The standard InChI is InChI=1S/C14H24N4O/c1-17(10-12-9-16-18(2)11-12)14(19)7-6-13-5-3-4-8-15-13/h9,11,13,15H,3-8,10H2,1-2H3. The van der Waals surface area contributed by atoms with Crippen molar-refractivity contribution >= 4 is 5.91 Å². The van der Waals surface area contributed by atoms with Gasteiger partial charge in [0.25, 0.3) is 0 Å². The summed E-state index contributed by atoms with van der Waals surface area (Å²) in [6.07, 6.45) is 9.12. The first-order chi connectivity index (χ1) is 9.15. The Morgan fingerprint density at radius 3 is 3.05 bits per heavy atom. The van der Waals surface area contributed by atoms with E-state index < -0.39 is 0 Å². The molecule has 1 N–H and O–H groups in total. The Morgan fingerprint density at radius 1 is 1.58 bits per heavy atom. The van der Waals surface area contributed by atoms with Crippen LogP contribution in [0.25, 0.3) is 0 Å². The smallest absolute Gasteiger partial charge is 0.222 e.